The van der Waals surface area contributed by atoms with Crippen molar-refractivity contribution < 1.29 is 19.8 Å². The van der Waals surface area contributed by atoms with Crippen molar-refractivity contribution in [3.63, 3.8) is 0 Å². The molecule has 3 N–H and O–H groups in total. The van der Waals surface area contributed by atoms with Gasteiger partial charge in [0.25, 0.3) is 0 Å². The zero-order valence-electron chi connectivity index (χ0n) is 9.80. The summed E-state index contributed by atoms with van der Waals surface area (Å²) < 4.78 is 0. The molecular formula is C11H18N2O4. The van der Waals surface area contributed by atoms with Gasteiger partial charge in [-0.05, 0) is 32.6 Å². The van der Waals surface area contributed by atoms with E-state index in [0.29, 0.717) is 12.8 Å². The van der Waals surface area contributed by atoms with Gasteiger partial charge in [-0.3, -0.25) is 4.79 Å². The number of aliphatic hydroxyl groups excluding tert-OH is 1. The van der Waals surface area contributed by atoms with Crippen LogP contribution in [0.3, 0.4) is 0 Å². The van der Waals surface area contributed by atoms with Gasteiger partial charge in [0.05, 0.1) is 6.10 Å². The lowest BCUT2D eigenvalue weighted by molar-refractivity contribution is -0.138. The molecule has 3 atom stereocenters. The number of piperidine rings is 1. The van der Waals surface area contributed by atoms with E-state index in [0.717, 1.165) is 12.8 Å². The van der Waals surface area contributed by atoms with E-state index in [1.165, 1.54) is 6.92 Å². The quantitative estimate of drug-likeness (QED) is 0.643. The first-order valence-electron chi connectivity index (χ1n) is 5.98. The minimum absolute atomic E-state index is 0.0599. The Hall–Kier alpha value is -1.30. The summed E-state index contributed by atoms with van der Waals surface area (Å²) in [6.07, 6.45) is 2.68. The Morgan fingerprint density at radius 3 is 2.29 bits per heavy atom. The highest BCUT2D eigenvalue weighted by atomic mass is 16.4. The maximum absolute atomic E-state index is 12.0. The van der Waals surface area contributed by atoms with Crippen LogP contribution in [0, 0.1) is 0 Å². The highest BCUT2D eigenvalue weighted by Gasteiger charge is 2.43. The molecule has 6 heteroatoms. The van der Waals surface area contributed by atoms with Crippen LogP contribution in [0.15, 0.2) is 0 Å². The van der Waals surface area contributed by atoms with Gasteiger partial charge in [-0.2, -0.15) is 0 Å². The first-order valence-corrected chi connectivity index (χ1v) is 5.98. The van der Waals surface area contributed by atoms with E-state index in [-0.39, 0.29) is 24.2 Å². The topological polar surface area (TPSA) is 89.9 Å². The largest absolute Gasteiger partial charge is 0.480 e. The lowest BCUT2D eigenvalue weighted by Gasteiger charge is -2.37. The maximum Gasteiger partial charge on any atom is 0.325 e. The van der Waals surface area contributed by atoms with E-state index >= 15 is 0 Å². The lowest BCUT2D eigenvalue weighted by atomic mass is 10.0. The average molecular weight is 242 g/mol. The second-order valence-electron chi connectivity index (χ2n) is 4.93. The van der Waals surface area contributed by atoms with Crippen LogP contribution in [0.5, 0.6) is 0 Å². The summed E-state index contributed by atoms with van der Waals surface area (Å²) in [5.41, 5.74) is 0. The Labute approximate surface area is 99.6 Å². The van der Waals surface area contributed by atoms with Gasteiger partial charge in [0.15, 0.2) is 0 Å². The number of hydrogen-bond donors (Lipinski definition) is 3. The Morgan fingerprint density at radius 2 is 1.82 bits per heavy atom. The molecule has 0 spiro atoms. The van der Waals surface area contributed by atoms with Gasteiger partial charge in [-0.25, -0.2) is 4.79 Å². The Morgan fingerprint density at radius 1 is 1.29 bits per heavy atom. The number of hydrogen-bond acceptors (Lipinski definition) is 3. The number of urea groups is 1. The minimum Gasteiger partial charge on any atom is -0.480 e. The summed E-state index contributed by atoms with van der Waals surface area (Å²) in [5, 5.41) is 20.8. The highest BCUT2D eigenvalue weighted by Crippen LogP contribution is 2.35. The van der Waals surface area contributed by atoms with Crippen LogP contribution in [0.25, 0.3) is 0 Å². The molecule has 2 aliphatic rings. The number of carbonyl (C=O) groups excluding carboxylic acids is 1. The fourth-order valence-corrected chi connectivity index (χ4v) is 2.80. The molecule has 0 radical (unpaired) electrons. The number of carboxylic acids is 1. The molecule has 2 saturated heterocycles. The van der Waals surface area contributed by atoms with Crippen LogP contribution in [-0.4, -0.2) is 51.3 Å². The van der Waals surface area contributed by atoms with Gasteiger partial charge in [-0.15, -0.1) is 0 Å². The predicted molar refractivity (Wildman–Crippen MR) is 59.5 cm³/mol. The van der Waals surface area contributed by atoms with Gasteiger partial charge >= 0.3 is 12.0 Å². The van der Waals surface area contributed by atoms with E-state index in [1.54, 1.807) is 4.90 Å². The van der Waals surface area contributed by atoms with Crippen LogP contribution in [0.1, 0.15) is 32.6 Å². The van der Waals surface area contributed by atoms with Gasteiger partial charge < -0.3 is 20.4 Å². The standard InChI is InChI=1S/C11H18N2O4/c1-6(10(15)16)12-11(17)13-7-2-3-8(13)5-9(14)4-7/h6-9,14H,2-5H2,1H3,(H,12,17)(H,15,16)/t6-,7?,8?,9?/m1/s1. The molecule has 6 nitrogen and oxygen atoms in total. The lowest BCUT2D eigenvalue weighted by Crippen LogP contribution is -2.54. The van der Waals surface area contributed by atoms with Crippen molar-refractivity contribution in [1.82, 2.24) is 10.2 Å². The molecule has 2 rings (SSSR count). The zero-order chi connectivity index (χ0) is 12.6. The van der Waals surface area contributed by atoms with Crippen molar-refractivity contribution in [3.05, 3.63) is 0 Å². The number of aliphatic hydroxyl groups is 1. The zero-order valence-corrected chi connectivity index (χ0v) is 9.80. The highest BCUT2D eigenvalue weighted by molar-refractivity contribution is 5.82. The van der Waals surface area contributed by atoms with Crippen molar-refractivity contribution in [2.75, 3.05) is 0 Å². The van der Waals surface area contributed by atoms with Crippen molar-refractivity contribution >= 4 is 12.0 Å². The fraction of sp³-hybridized carbons (Fsp3) is 0.818. The van der Waals surface area contributed by atoms with Crippen LogP contribution >= 0.6 is 0 Å². The number of amides is 2. The summed E-state index contributed by atoms with van der Waals surface area (Å²) >= 11 is 0. The van der Waals surface area contributed by atoms with Crippen molar-refractivity contribution in [3.8, 4) is 0 Å². The van der Waals surface area contributed by atoms with Gasteiger partial charge in [-0.1, -0.05) is 0 Å². The average Bonchev–Trinajstić information content (AvgIpc) is 2.51. The van der Waals surface area contributed by atoms with E-state index in [9.17, 15) is 14.7 Å². The maximum atomic E-state index is 12.0. The van der Waals surface area contributed by atoms with Gasteiger partial charge in [0, 0.05) is 12.1 Å². The third-order valence-electron chi connectivity index (χ3n) is 3.65. The molecule has 0 aliphatic carbocycles. The SMILES string of the molecule is C[C@@H](NC(=O)N1C2CCC1CC(O)C2)C(=O)O. The number of carboxylic acid groups (broad SMARTS) is 1. The second kappa shape index (κ2) is 4.52. The van der Waals surface area contributed by atoms with Crippen LogP contribution in [0.2, 0.25) is 0 Å². The number of nitrogens with one attached hydrogen (secondary N) is 1. The molecule has 2 fully saturated rings. The number of fused-ring (bicyclic) bond motifs is 2. The predicted octanol–water partition coefficient (Wildman–Crippen LogP) is 0.157. The third kappa shape index (κ3) is 2.36. The fourth-order valence-electron chi connectivity index (χ4n) is 2.80. The number of carbonyl (C=O) groups is 2. The third-order valence-corrected chi connectivity index (χ3v) is 3.65. The molecule has 2 bridgehead atoms. The minimum atomic E-state index is -1.04. The molecule has 0 aromatic heterocycles. The molecule has 0 saturated carbocycles. The Bertz CT molecular complexity index is 319. The molecule has 0 aromatic carbocycles. The molecule has 2 amide bonds. The van der Waals surface area contributed by atoms with Crippen molar-refractivity contribution in [1.29, 1.82) is 0 Å². The molecule has 17 heavy (non-hydrogen) atoms. The van der Waals surface area contributed by atoms with Crippen molar-refractivity contribution in [2.24, 2.45) is 0 Å². The monoisotopic (exact) mass is 242 g/mol. The van der Waals surface area contributed by atoms with Crippen molar-refractivity contribution in [2.45, 2.75) is 56.8 Å². The van der Waals surface area contributed by atoms with E-state index < -0.39 is 12.0 Å². The second-order valence-corrected chi connectivity index (χ2v) is 4.93. The van der Waals surface area contributed by atoms with Crippen LogP contribution in [0.4, 0.5) is 4.79 Å². The van der Waals surface area contributed by atoms with E-state index in [1.807, 2.05) is 0 Å². The summed E-state index contributed by atoms with van der Waals surface area (Å²) in [6.45, 7) is 1.45. The molecule has 0 aromatic rings. The van der Waals surface area contributed by atoms with E-state index in [4.69, 9.17) is 5.11 Å². The van der Waals surface area contributed by atoms with Crippen LogP contribution in [-0.2, 0) is 4.79 Å². The number of aliphatic carboxylic acids is 1. The number of nitrogens with zero attached hydrogens (tertiary/aromatic N) is 1. The van der Waals surface area contributed by atoms with Crippen LogP contribution < -0.4 is 5.32 Å². The molecular weight excluding hydrogens is 224 g/mol. The summed E-state index contributed by atoms with van der Waals surface area (Å²) in [6, 6.07) is -1.08. The molecule has 2 unspecified atom stereocenters. The number of rotatable bonds is 2. The molecule has 2 aliphatic heterocycles. The van der Waals surface area contributed by atoms with E-state index in [2.05, 4.69) is 5.32 Å². The summed E-state index contributed by atoms with van der Waals surface area (Å²) in [4.78, 5) is 24.3. The smallest absolute Gasteiger partial charge is 0.325 e. The first kappa shape index (κ1) is 12.2. The van der Waals surface area contributed by atoms with Gasteiger partial charge in [0.1, 0.15) is 6.04 Å². The Balaban J connectivity index is 1.99. The summed E-state index contributed by atoms with van der Waals surface area (Å²) in [7, 11) is 0. The first-order chi connectivity index (χ1) is 7.99. The van der Waals surface area contributed by atoms with Gasteiger partial charge in [0.2, 0.25) is 0 Å². The Kier molecular flexibility index (Phi) is 3.24. The normalized spacial score (nSPS) is 33.3. The molecule has 2 heterocycles. The molecule has 96 valence electrons. The summed E-state index contributed by atoms with van der Waals surface area (Å²) in [5.74, 6) is -1.04.